The van der Waals surface area contributed by atoms with E-state index in [4.69, 9.17) is 17.3 Å². The third kappa shape index (κ3) is 2.16. The third-order valence-electron chi connectivity index (χ3n) is 2.96. The molecule has 0 aliphatic rings. The number of nitrogens with two attached hydrogens (primary N) is 1. The van der Waals surface area contributed by atoms with Gasteiger partial charge in [0.25, 0.3) is 0 Å². The SMILES string of the molecule is CSc1cccc(-n2nc(C)c(Cl)c2C)c1CN. The molecule has 2 rings (SSSR count). The van der Waals surface area contributed by atoms with Crippen molar-refractivity contribution in [2.24, 2.45) is 5.73 Å². The van der Waals surface area contributed by atoms with Crippen LogP contribution in [0.1, 0.15) is 17.0 Å². The maximum Gasteiger partial charge on any atom is 0.0848 e. The molecule has 0 bridgehead atoms. The molecule has 0 aliphatic carbocycles. The molecule has 2 aromatic rings. The molecule has 0 saturated carbocycles. The molecule has 96 valence electrons. The predicted octanol–water partition coefficient (Wildman–Crippen LogP) is 3.32. The lowest BCUT2D eigenvalue weighted by atomic mass is 10.1. The van der Waals surface area contributed by atoms with Gasteiger partial charge in [-0.05, 0) is 32.2 Å². The fourth-order valence-electron chi connectivity index (χ4n) is 2.01. The second-order valence-electron chi connectivity index (χ2n) is 4.06. The van der Waals surface area contributed by atoms with Crippen LogP contribution in [0.15, 0.2) is 23.1 Å². The Bertz CT molecular complexity index is 578. The number of nitrogens with zero attached hydrogens (tertiary/aromatic N) is 2. The summed E-state index contributed by atoms with van der Waals surface area (Å²) < 4.78 is 1.87. The predicted molar refractivity (Wildman–Crippen MR) is 77.7 cm³/mol. The van der Waals surface area contributed by atoms with Crippen molar-refractivity contribution in [2.45, 2.75) is 25.3 Å². The van der Waals surface area contributed by atoms with Crippen LogP contribution in [0.4, 0.5) is 0 Å². The van der Waals surface area contributed by atoms with Crippen molar-refractivity contribution in [3.05, 3.63) is 40.2 Å². The molecule has 0 unspecified atom stereocenters. The average Bonchev–Trinajstić information content (AvgIpc) is 2.65. The minimum atomic E-state index is 0.488. The lowest BCUT2D eigenvalue weighted by molar-refractivity contribution is 0.811. The monoisotopic (exact) mass is 281 g/mol. The number of halogens is 1. The van der Waals surface area contributed by atoms with Gasteiger partial charge in [0.15, 0.2) is 0 Å². The molecule has 0 amide bonds. The van der Waals surface area contributed by atoms with E-state index in [9.17, 15) is 0 Å². The van der Waals surface area contributed by atoms with Crippen molar-refractivity contribution in [1.29, 1.82) is 0 Å². The molecule has 1 heterocycles. The van der Waals surface area contributed by atoms with E-state index < -0.39 is 0 Å². The average molecular weight is 282 g/mol. The number of hydrogen-bond donors (Lipinski definition) is 1. The molecule has 0 spiro atoms. The van der Waals surface area contributed by atoms with Crippen molar-refractivity contribution in [3.8, 4) is 5.69 Å². The number of rotatable bonds is 3. The van der Waals surface area contributed by atoms with Crippen LogP contribution < -0.4 is 5.73 Å². The highest BCUT2D eigenvalue weighted by Crippen LogP contribution is 2.29. The first-order chi connectivity index (χ1) is 8.60. The summed E-state index contributed by atoms with van der Waals surface area (Å²) in [5.74, 6) is 0. The molecule has 5 heteroatoms. The van der Waals surface area contributed by atoms with E-state index in [-0.39, 0.29) is 0 Å². The van der Waals surface area contributed by atoms with Gasteiger partial charge in [0.2, 0.25) is 0 Å². The summed E-state index contributed by atoms with van der Waals surface area (Å²) in [4.78, 5) is 1.18. The molecule has 0 fully saturated rings. The van der Waals surface area contributed by atoms with Crippen molar-refractivity contribution >= 4 is 23.4 Å². The Morgan fingerprint density at radius 3 is 2.61 bits per heavy atom. The van der Waals surface area contributed by atoms with E-state index in [1.165, 1.54) is 4.90 Å². The van der Waals surface area contributed by atoms with Crippen LogP contribution >= 0.6 is 23.4 Å². The molecule has 2 N–H and O–H groups in total. The minimum Gasteiger partial charge on any atom is -0.326 e. The van der Waals surface area contributed by atoms with Crippen molar-refractivity contribution in [3.63, 3.8) is 0 Å². The summed E-state index contributed by atoms with van der Waals surface area (Å²) in [6.07, 6.45) is 2.05. The van der Waals surface area contributed by atoms with Gasteiger partial charge in [-0.1, -0.05) is 17.7 Å². The Labute approximate surface area is 116 Å². The van der Waals surface area contributed by atoms with E-state index in [0.29, 0.717) is 11.6 Å². The molecule has 0 aliphatic heterocycles. The summed E-state index contributed by atoms with van der Waals surface area (Å²) in [7, 11) is 0. The number of aryl methyl sites for hydroxylation is 1. The van der Waals surface area contributed by atoms with Crippen molar-refractivity contribution < 1.29 is 0 Å². The van der Waals surface area contributed by atoms with Gasteiger partial charge in [0.05, 0.1) is 22.1 Å². The van der Waals surface area contributed by atoms with E-state index >= 15 is 0 Å². The minimum absolute atomic E-state index is 0.488. The maximum absolute atomic E-state index is 6.20. The zero-order valence-corrected chi connectivity index (χ0v) is 12.3. The van der Waals surface area contributed by atoms with Gasteiger partial charge in [-0.2, -0.15) is 5.10 Å². The lowest BCUT2D eigenvalue weighted by Crippen LogP contribution is -2.08. The van der Waals surface area contributed by atoms with E-state index in [1.54, 1.807) is 11.8 Å². The van der Waals surface area contributed by atoms with E-state index in [0.717, 1.165) is 22.6 Å². The van der Waals surface area contributed by atoms with Crippen LogP contribution in [-0.2, 0) is 6.54 Å². The quantitative estimate of drug-likeness (QED) is 0.878. The van der Waals surface area contributed by atoms with Crippen LogP contribution in [-0.4, -0.2) is 16.0 Å². The van der Waals surface area contributed by atoms with Gasteiger partial charge in [-0.15, -0.1) is 11.8 Å². The largest absolute Gasteiger partial charge is 0.326 e. The van der Waals surface area contributed by atoms with Crippen LogP contribution in [0.5, 0.6) is 0 Å². The van der Waals surface area contributed by atoms with Crippen LogP contribution in [0, 0.1) is 13.8 Å². The molecular weight excluding hydrogens is 266 g/mol. The van der Waals surface area contributed by atoms with Gasteiger partial charge in [0.1, 0.15) is 0 Å². The highest BCUT2D eigenvalue weighted by molar-refractivity contribution is 7.98. The molecule has 1 aromatic heterocycles. The summed E-state index contributed by atoms with van der Waals surface area (Å²) in [6.45, 7) is 4.36. The van der Waals surface area contributed by atoms with Gasteiger partial charge in [-0.25, -0.2) is 4.68 Å². The molecule has 0 atom stereocenters. The normalized spacial score (nSPS) is 10.9. The zero-order valence-electron chi connectivity index (χ0n) is 10.7. The molecule has 0 radical (unpaired) electrons. The fourth-order valence-corrected chi connectivity index (χ4v) is 2.77. The van der Waals surface area contributed by atoms with Gasteiger partial charge < -0.3 is 5.73 Å². The zero-order chi connectivity index (χ0) is 13.3. The summed E-state index contributed by atoms with van der Waals surface area (Å²) in [5, 5.41) is 5.20. The second-order valence-corrected chi connectivity index (χ2v) is 5.28. The molecule has 18 heavy (non-hydrogen) atoms. The van der Waals surface area contributed by atoms with Crippen molar-refractivity contribution in [2.75, 3.05) is 6.26 Å². The first-order valence-electron chi connectivity index (χ1n) is 5.68. The van der Waals surface area contributed by atoms with Crippen molar-refractivity contribution in [1.82, 2.24) is 9.78 Å². The second kappa shape index (κ2) is 5.34. The first kappa shape index (κ1) is 13.5. The van der Waals surface area contributed by atoms with Crippen LogP contribution in [0.2, 0.25) is 5.02 Å². The molecule has 0 saturated heterocycles. The highest BCUT2D eigenvalue weighted by Gasteiger charge is 2.14. The topological polar surface area (TPSA) is 43.8 Å². The van der Waals surface area contributed by atoms with E-state index in [2.05, 4.69) is 11.2 Å². The summed E-state index contributed by atoms with van der Waals surface area (Å²) >= 11 is 7.89. The number of aromatic nitrogens is 2. The van der Waals surface area contributed by atoms with E-state index in [1.807, 2.05) is 36.9 Å². The van der Waals surface area contributed by atoms with Crippen LogP contribution in [0.25, 0.3) is 5.69 Å². The first-order valence-corrected chi connectivity index (χ1v) is 7.28. The summed E-state index contributed by atoms with van der Waals surface area (Å²) in [6, 6.07) is 6.12. The smallest absolute Gasteiger partial charge is 0.0848 e. The number of hydrogen-bond acceptors (Lipinski definition) is 3. The number of thioether (sulfide) groups is 1. The standard InChI is InChI=1S/C13H16ClN3S/c1-8-13(14)9(2)17(16-8)11-5-4-6-12(18-3)10(11)7-15/h4-6H,7,15H2,1-3H3. The fraction of sp³-hybridized carbons (Fsp3) is 0.308. The Morgan fingerprint density at radius 1 is 1.39 bits per heavy atom. The van der Waals surface area contributed by atoms with Gasteiger partial charge in [0, 0.05) is 17.0 Å². The number of benzene rings is 1. The Morgan fingerprint density at radius 2 is 2.11 bits per heavy atom. The Hall–Kier alpha value is -0.970. The van der Waals surface area contributed by atoms with Gasteiger partial charge in [-0.3, -0.25) is 0 Å². The third-order valence-corrected chi connectivity index (χ3v) is 4.33. The van der Waals surface area contributed by atoms with Crippen LogP contribution in [0.3, 0.4) is 0 Å². The lowest BCUT2D eigenvalue weighted by Gasteiger charge is -2.13. The molecular formula is C13H16ClN3S. The highest BCUT2D eigenvalue weighted by atomic mass is 35.5. The molecule has 3 nitrogen and oxygen atoms in total. The molecule has 1 aromatic carbocycles. The summed E-state index contributed by atoms with van der Waals surface area (Å²) in [5.41, 5.74) is 9.77. The Balaban J connectivity index is 2.67. The maximum atomic E-state index is 6.20. The van der Waals surface area contributed by atoms with Gasteiger partial charge >= 0.3 is 0 Å². The Kier molecular flexibility index (Phi) is 4.00.